The first-order valence-corrected chi connectivity index (χ1v) is 6.67. The van der Waals surface area contributed by atoms with Crippen LogP contribution in [0.1, 0.15) is 37.2 Å². The lowest BCUT2D eigenvalue weighted by Crippen LogP contribution is -2.19. The second kappa shape index (κ2) is 4.04. The Kier molecular flexibility index (Phi) is 2.64. The Morgan fingerprint density at radius 2 is 2.24 bits per heavy atom. The highest BCUT2D eigenvalue weighted by molar-refractivity contribution is 6.35. The van der Waals surface area contributed by atoms with Crippen molar-refractivity contribution in [3.05, 3.63) is 34.5 Å². The molecule has 2 aromatic rings. The minimum absolute atomic E-state index is 0.0674. The fraction of sp³-hybridized carbons (Fsp3) is 0.429. The SMILES string of the molecule is CCC(N)n1c2c(c3c(Cl)cccc31)CCC2. The van der Waals surface area contributed by atoms with E-state index in [9.17, 15) is 0 Å². The molecule has 1 aromatic heterocycles. The molecule has 1 aliphatic rings. The van der Waals surface area contributed by atoms with Gasteiger partial charge in [0.25, 0.3) is 0 Å². The van der Waals surface area contributed by atoms with Crippen molar-refractivity contribution in [2.24, 2.45) is 5.73 Å². The Morgan fingerprint density at radius 3 is 3.00 bits per heavy atom. The Morgan fingerprint density at radius 1 is 1.41 bits per heavy atom. The van der Waals surface area contributed by atoms with Crippen molar-refractivity contribution in [3.8, 4) is 0 Å². The summed E-state index contributed by atoms with van der Waals surface area (Å²) in [6, 6.07) is 6.12. The summed E-state index contributed by atoms with van der Waals surface area (Å²) in [5.74, 6) is 0. The van der Waals surface area contributed by atoms with E-state index in [1.54, 1.807) is 0 Å². The molecule has 0 spiro atoms. The summed E-state index contributed by atoms with van der Waals surface area (Å²) in [4.78, 5) is 0. The number of halogens is 1. The van der Waals surface area contributed by atoms with Crippen LogP contribution in [0.5, 0.6) is 0 Å². The van der Waals surface area contributed by atoms with Crippen molar-refractivity contribution in [2.75, 3.05) is 0 Å². The first-order chi connectivity index (χ1) is 8.24. The van der Waals surface area contributed by atoms with Crippen LogP contribution in [0.15, 0.2) is 18.2 Å². The average Bonchev–Trinajstić information content (AvgIpc) is 2.87. The minimum atomic E-state index is 0.0674. The molecule has 1 atom stereocenters. The van der Waals surface area contributed by atoms with Crippen molar-refractivity contribution in [1.29, 1.82) is 0 Å². The van der Waals surface area contributed by atoms with Crippen LogP contribution in [-0.4, -0.2) is 4.57 Å². The van der Waals surface area contributed by atoms with E-state index >= 15 is 0 Å². The van der Waals surface area contributed by atoms with Gasteiger partial charge in [0.05, 0.1) is 16.7 Å². The molecule has 1 unspecified atom stereocenters. The number of nitrogens with two attached hydrogens (primary N) is 1. The zero-order chi connectivity index (χ0) is 12.0. The van der Waals surface area contributed by atoms with Gasteiger partial charge >= 0.3 is 0 Å². The molecule has 1 heterocycles. The van der Waals surface area contributed by atoms with Gasteiger partial charge in [0.15, 0.2) is 0 Å². The molecule has 3 rings (SSSR count). The Balaban J connectivity index is 2.38. The minimum Gasteiger partial charge on any atom is -0.328 e. The van der Waals surface area contributed by atoms with Crippen LogP contribution in [0.2, 0.25) is 5.02 Å². The molecule has 2 nitrogen and oxygen atoms in total. The highest BCUT2D eigenvalue weighted by Crippen LogP contribution is 2.38. The van der Waals surface area contributed by atoms with Crippen LogP contribution >= 0.6 is 11.6 Å². The van der Waals surface area contributed by atoms with Gasteiger partial charge in [-0.1, -0.05) is 24.6 Å². The molecule has 0 fully saturated rings. The molecule has 0 radical (unpaired) electrons. The van der Waals surface area contributed by atoms with Crippen molar-refractivity contribution in [3.63, 3.8) is 0 Å². The van der Waals surface area contributed by atoms with Crippen LogP contribution in [0, 0.1) is 0 Å². The molecule has 90 valence electrons. The molecule has 3 heteroatoms. The van der Waals surface area contributed by atoms with Gasteiger partial charge < -0.3 is 10.3 Å². The van der Waals surface area contributed by atoms with E-state index in [1.807, 2.05) is 12.1 Å². The Labute approximate surface area is 106 Å². The van der Waals surface area contributed by atoms with Gasteiger partial charge in [0, 0.05) is 11.1 Å². The highest BCUT2D eigenvalue weighted by Gasteiger charge is 2.24. The zero-order valence-electron chi connectivity index (χ0n) is 10.0. The fourth-order valence-electron chi connectivity index (χ4n) is 2.98. The first kappa shape index (κ1) is 11.1. The predicted octanol–water partition coefficient (Wildman–Crippen LogP) is 3.65. The lowest BCUT2D eigenvalue weighted by atomic mass is 10.1. The van der Waals surface area contributed by atoms with Gasteiger partial charge in [0.1, 0.15) is 0 Å². The molecule has 0 saturated carbocycles. The van der Waals surface area contributed by atoms with Crippen molar-refractivity contribution < 1.29 is 0 Å². The average molecular weight is 249 g/mol. The number of aromatic nitrogens is 1. The summed E-state index contributed by atoms with van der Waals surface area (Å²) >= 11 is 6.35. The summed E-state index contributed by atoms with van der Waals surface area (Å²) in [6.07, 6.45) is 4.51. The first-order valence-electron chi connectivity index (χ1n) is 6.29. The number of nitrogens with zero attached hydrogens (tertiary/aromatic N) is 1. The maximum absolute atomic E-state index is 6.35. The number of fused-ring (bicyclic) bond motifs is 3. The largest absolute Gasteiger partial charge is 0.328 e. The second-order valence-electron chi connectivity index (χ2n) is 4.76. The van der Waals surface area contributed by atoms with Crippen molar-refractivity contribution >= 4 is 22.5 Å². The summed E-state index contributed by atoms with van der Waals surface area (Å²) in [6.45, 7) is 2.13. The summed E-state index contributed by atoms with van der Waals surface area (Å²) in [5.41, 5.74) is 10.3. The number of hydrogen-bond acceptors (Lipinski definition) is 1. The van der Waals surface area contributed by atoms with Gasteiger partial charge in [-0.3, -0.25) is 0 Å². The van der Waals surface area contributed by atoms with E-state index in [0.717, 1.165) is 24.3 Å². The molecule has 1 aliphatic carbocycles. The van der Waals surface area contributed by atoms with Gasteiger partial charge in [-0.05, 0) is 43.4 Å². The molecule has 0 amide bonds. The van der Waals surface area contributed by atoms with Gasteiger partial charge in [-0.15, -0.1) is 0 Å². The molecule has 2 N–H and O–H groups in total. The van der Waals surface area contributed by atoms with Gasteiger partial charge in [0.2, 0.25) is 0 Å². The van der Waals surface area contributed by atoms with E-state index in [1.165, 1.54) is 28.6 Å². The van der Waals surface area contributed by atoms with Crippen LogP contribution in [0.25, 0.3) is 10.9 Å². The van der Waals surface area contributed by atoms with Crippen LogP contribution < -0.4 is 5.73 Å². The van der Waals surface area contributed by atoms with Gasteiger partial charge in [-0.25, -0.2) is 0 Å². The monoisotopic (exact) mass is 248 g/mol. The van der Waals surface area contributed by atoms with Crippen LogP contribution in [-0.2, 0) is 12.8 Å². The molecule has 1 aromatic carbocycles. The molecular formula is C14H17ClN2. The second-order valence-corrected chi connectivity index (χ2v) is 5.17. The van der Waals surface area contributed by atoms with Gasteiger partial charge in [-0.2, -0.15) is 0 Å². The molecular weight excluding hydrogens is 232 g/mol. The number of hydrogen-bond donors (Lipinski definition) is 1. The number of benzene rings is 1. The van der Waals surface area contributed by atoms with E-state index < -0.39 is 0 Å². The standard InChI is InChI=1S/C14H17ClN2/c1-2-13(16)17-11-7-3-5-9(11)14-10(15)6-4-8-12(14)17/h4,6,8,13H,2-3,5,7,16H2,1H3. The topological polar surface area (TPSA) is 30.9 Å². The predicted molar refractivity (Wildman–Crippen MR) is 72.5 cm³/mol. The molecule has 0 aliphatic heterocycles. The molecule has 17 heavy (non-hydrogen) atoms. The lowest BCUT2D eigenvalue weighted by Gasteiger charge is -2.16. The van der Waals surface area contributed by atoms with E-state index in [4.69, 9.17) is 17.3 Å². The fourth-order valence-corrected chi connectivity index (χ4v) is 3.27. The Bertz CT molecular complexity index is 571. The van der Waals surface area contributed by atoms with E-state index in [0.29, 0.717) is 0 Å². The summed E-state index contributed by atoms with van der Waals surface area (Å²) in [5, 5.41) is 2.09. The zero-order valence-corrected chi connectivity index (χ0v) is 10.8. The third-order valence-electron chi connectivity index (χ3n) is 3.78. The normalized spacial score (nSPS) is 16.4. The van der Waals surface area contributed by atoms with Crippen LogP contribution in [0.4, 0.5) is 0 Å². The van der Waals surface area contributed by atoms with E-state index in [-0.39, 0.29) is 6.17 Å². The smallest absolute Gasteiger partial charge is 0.0814 e. The Hall–Kier alpha value is -0.990. The maximum atomic E-state index is 6.35. The van der Waals surface area contributed by atoms with E-state index in [2.05, 4.69) is 17.6 Å². The molecule has 0 bridgehead atoms. The lowest BCUT2D eigenvalue weighted by molar-refractivity contribution is 0.506. The maximum Gasteiger partial charge on any atom is 0.0814 e. The van der Waals surface area contributed by atoms with Crippen LogP contribution in [0.3, 0.4) is 0 Å². The number of rotatable bonds is 2. The van der Waals surface area contributed by atoms with Crippen molar-refractivity contribution in [2.45, 2.75) is 38.8 Å². The van der Waals surface area contributed by atoms with Crippen molar-refractivity contribution in [1.82, 2.24) is 4.57 Å². The third kappa shape index (κ3) is 1.51. The third-order valence-corrected chi connectivity index (χ3v) is 4.10. The summed E-state index contributed by atoms with van der Waals surface area (Å²) < 4.78 is 2.30. The number of aryl methyl sites for hydroxylation is 1. The quantitative estimate of drug-likeness (QED) is 0.864. The summed E-state index contributed by atoms with van der Waals surface area (Å²) in [7, 11) is 0. The molecule has 0 saturated heterocycles. The highest BCUT2D eigenvalue weighted by atomic mass is 35.5.